The largest absolute Gasteiger partial charge is 0.359 e. The molecule has 12 heteroatoms. The van der Waals surface area contributed by atoms with Crippen molar-refractivity contribution in [3.05, 3.63) is 107 Å². The molecule has 1 aliphatic rings. The van der Waals surface area contributed by atoms with Gasteiger partial charge < -0.3 is 20.5 Å². The summed E-state index contributed by atoms with van der Waals surface area (Å²) in [6.45, 7) is 12.6. The Labute approximate surface area is 267 Å². The second-order valence-electron chi connectivity index (χ2n) is 10.7. The van der Waals surface area contributed by atoms with Gasteiger partial charge in [0.25, 0.3) is 11.7 Å². The topological polar surface area (TPSA) is 136 Å². The summed E-state index contributed by atoms with van der Waals surface area (Å²) in [4.78, 5) is 47.8. The fourth-order valence-electron chi connectivity index (χ4n) is 5.57. The fraction of sp³-hybridized carbons (Fsp3) is 0.235. The molecule has 2 heterocycles. The first-order chi connectivity index (χ1) is 22.2. The molecule has 0 unspecified atom stereocenters. The molecule has 0 saturated carbocycles. The Balaban J connectivity index is 1.25. The van der Waals surface area contributed by atoms with Gasteiger partial charge in [0.05, 0.1) is 28.2 Å². The molecule has 4 aromatic rings. The summed E-state index contributed by atoms with van der Waals surface area (Å²) in [6, 6.07) is 19.8. The molecule has 0 spiro atoms. The number of urea groups is 1. The van der Waals surface area contributed by atoms with Crippen LogP contribution in [0.15, 0.2) is 89.5 Å². The highest BCUT2D eigenvalue weighted by Crippen LogP contribution is 2.30. The number of anilines is 2. The Bertz CT molecular complexity index is 1950. The van der Waals surface area contributed by atoms with E-state index < -0.39 is 27.7 Å². The van der Waals surface area contributed by atoms with Crippen LogP contribution in [-0.4, -0.2) is 66.5 Å². The van der Waals surface area contributed by atoms with Gasteiger partial charge in [-0.25, -0.2) is 18.1 Å². The molecular weight excluding hydrogens is 604 g/mol. The first-order valence-electron chi connectivity index (χ1n) is 14.9. The number of aromatic amines is 1. The van der Waals surface area contributed by atoms with Crippen LogP contribution in [0, 0.1) is 6.57 Å². The van der Waals surface area contributed by atoms with E-state index in [-0.39, 0.29) is 10.5 Å². The van der Waals surface area contributed by atoms with Crippen molar-refractivity contribution in [3.63, 3.8) is 0 Å². The lowest BCUT2D eigenvalue weighted by molar-refractivity contribution is -0.126. The number of benzene rings is 3. The number of rotatable bonds is 9. The second-order valence-corrected chi connectivity index (χ2v) is 12.6. The zero-order chi connectivity index (χ0) is 32.8. The number of likely N-dealkylation sites (tertiary alicyclic amines) is 1. The summed E-state index contributed by atoms with van der Waals surface area (Å²) < 4.78 is 26.8. The van der Waals surface area contributed by atoms with Gasteiger partial charge in [0.1, 0.15) is 0 Å². The third kappa shape index (κ3) is 6.56. The maximum atomic E-state index is 13.3. The van der Waals surface area contributed by atoms with Crippen LogP contribution in [0.5, 0.6) is 0 Å². The van der Waals surface area contributed by atoms with Crippen molar-refractivity contribution in [2.45, 2.75) is 31.6 Å². The van der Waals surface area contributed by atoms with Crippen LogP contribution in [-0.2, 0) is 14.8 Å². The number of carbonyl (C=O) groups is 3. The molecule has 1 aromatic heterocycles. The minimum Gasteiger partial charge on any atom is -0.359 e. The third-order valence-electron chi connectivity index (χ3n) is 8.01. The van der Waals surface area contributed by atoms with Crippen LogP contribution in [0.3, 0.4) is 0 Å². The van der Waals surface area contributed by atoms with Gasteiger partial charge in [0, 0.05) is 43.4 Å². The quantitative estimate of drug-likeness (QED) is 0.118. The SMILES string of the molecule is [C-]#[N+]C(=C1CCN(C(=O)C(=O)c2c[nH]c3c(NC(=O)Nc4ccc(S(=O)(=O)N(CC)CC)cc4)cccc23)CC1)c1ccccc1. The summed E-state index contributed by atoms with van der Waals surface area (Å²) in [5, 5.41) is 5.92. The van der Waals surface area contributed by atoms with Crippen LogP contribution in [0.2, 0.25) is 0 Å². The van der Waals surface area contributed by atoms with Crippen LogP contribution in [0.4, 0.5) is 16.2 Å². The standard InChI is InChI=1S/C34H34N6O5S/c1-4-40(5-2)46(44,45)26-16-14-25(15-17-26)37-34(43)38-29-13-9-12-27-28(22-36-31(27)29)32(41)33(42)39-20-18-24(19-21-39)30(35-3)23-10-7-6-8-11-23/h6-17,22,36H,4-5,18-21H2,1-2H3,(H2,37,38,43). The van der Waals surface area contributed by atoms with E-state index in [2.05, 4.69) is 20.5 Å². The number of amides is 3. The summed E-state index contributed by atoms with van der Waals surface area (Å²) in [5.41, 5.74) is 3.87. The highest BCUT2D eigenvalue weighted by Gasteiger charge is 2.29. The number of carbonyl (C=O) groups excluding carboxylic acids is 3. The molecule has 0 radical (unpaired) electrons. The van der Waals surface area contributed by atoms with Crippen molar-refractivity contribution in [1.29, 1.82) is 0 Å². The van der Waals surface area contributed by atoms with E-state index in [9.17, 15) is 22.8 Å². The average molecular weight is 639 g/mol. The second kappa shape index (κ2) is 13.8. The maximum absolute atomic E-state index is 13.3. The summed E-state index contributed by atoms with van der Waals surface area (Å²) in [7, 11) is -3.62. The van der Waals surface area contributed by atoms with Crippen LogP contribution >= 0.6 is 0 Å². The van der Waals surface area contributed by atoms with Gasteiger partial charge in [0.15, 0.2) is 5.70 Å². The molecule has 1 saturated heterocycles. The average Bonchev–Trinajstić information content (AvgIpc) is 3.51. The Kier molecular flexibility index (Phi) is 9.65. The molecule has 236 valence electrons. The molecule has 3 aromatic carbocycles. The van der Waals surface area contributed by atoms with E-state index in [1.54, 1.807) is 32.0 Å². The van der Waals surface area contributed by atoms with Gasteiger partial charge in [-0.1, -0.05) is 61.9 Å². The van der Waals surface area contributed by atoms with Crippen molar-refractivity contribution < 1.29 is 22.8 Å². The van der Waals surface area contributed by atoms with Crippen molar-refractivity contribution in [2.75, 3.05) is 36.8 Å². The van der Waals surface area contributed by atoms with E-state index >= 15 is 0 Å². The fourth-order valence-corrected chi connectivity index (χ4v) is 7.03. The Morgan fingerprint density at radius 2 is 1.59 bits per heavy atom. The van der Waals surface area contributed by atoms with E-state index in [4.69, 9.17) is 6.57 Å². The number of Topliss-reactive ketones (excluding diaryl/α,β-unsaturated/α-hetero) is 1. The third-order valence-corrected chi connectivity index (χ3v) is 10.1. The summed E-state index contributed by atoms with van der Waals surface area (Å²) in [6.07, 6.45) is 2.49. The lowest BCUT2D eigenvalue weighted by Gasteiger charge is -2.28. The molecule has 3 amide bonds. The summed E-state index contributed by atoms with van der Waals surface area (Å²) in [5.74, 6) is -1.28. The molecular formula is C34H34N6O5S. The van der Waals surface area contributed by atoms with Gasteiger partial charge >= 0.3 is 6.03 Å². The predicted molar refractivity (Wildman–Crippen MR) is 178 cm³/mol. The van der Waals surface area contributed by atoms with Crippen molar-refractivity contribution in [1.82, 2.24) is 14.2 Å². The number of nitrogens with one attached hydrogen (secondary N) is 3. The normalized spacial score (nSPS) is 13.3. The zero-order valence-electron chi connectivity index (χ0n) is 25.5. The number of para-hydroxylation sites is 1. The molecule has 0 aliphatic carbocycles. The minimum absolute atomic E-state index is 0.131. The number of aromatic nitrogens is 1. The van der Waals surface area contributed by atoms with Gasteiger partial charge in [0.2, 0.25) is 10.0 Å². The van der Waals surface area contributed by atoms with Crippen LogP contribution < -0.4 is 10.6 Å². The van der Waals surface area contributed by atoms with Gasteiger partial charge in [-0.05, 0) is 48.7 Å². The van der Waals surface area contributed by atoms with Crippen molar-refractivity contribution in [3.8, 4) is 0 Å². The van der Waals surface area contributed by atoms with E-state index in [0.717, 1.165) is 11.1 Å². The predicted octanol–water partition coefficient (Wildman–Crippen LogP) is 5.98. The highest BCUT2D eigenvalue weighted by atomic mass is 32.2. The first kappa shape index (κ1) is 32.2. The van der Waals surface area contributed by atoms with Gasteiger partial charge in [-0.2, -0.15) is 4.31 Å². The monoisotopic (exact) mass is 638 g/mol. The number of hydrogen-bond donors (Lipinski definition) is 3. The Morgan fingerprint density at radius 3 is 2.22 bits per heavy atom. The number of fused-ring (bicyclic) bond motifs is 1. The lowest BCUT2D eigenvalue weighted by atomic mass is 9.97. The van der Waals surface area contributed by atoms with Crippen molar-refractivity contribution >= 4 is 55.7 Å². The molecule has 3 N–H and O–H groups in total. The number of H-pyrrole nitrogens is 1. The number of piperidine rings is 1. The maximum Gasteiger partial charge on any atom is 0.323 e. The minimum atomic E-state index is -3.62. The molecule has 11 nitrogen and oxygen atoms in total. The van der Waals surface area contributed by atoms with Crippen molar-refractivity contribution in [2.24, 2.45) is 0 Å². The number of ketones is 1. The van der Waals surface area contributed by atoms with Crippen LogP contribution in [0.1, 0.15) is 42.6 Å². The van der Waals surface area contributed by atoms with E-state index in [0.29, 0.717) is 67.0 Å². The molecule has 1 fully saturated rings. The number of hydrogen-bond acceptors (Lipinski definition) is 5. The van der Waals surface area contributed by atoms with Gasteiger partial charge in [-0.15, -0.1) is 0 Å². The lowest BCUT2D eigenvalue weighted by Crippen LogP contribution is -2.40. The zero-order valence-corrected chi connectivity index (χ0v) is 26.4. The van der Waals surface area contributed by atoms with E-state index in [1.165, 1.54) is 39.7 Å². The smallest absolute Gasteiger partial charge is 0.323 e. The molecule has 1 aliphatic heterocycles. The van der Waals surface area contributed by atoms with Crippen LogP contribution in [0.25, 0.3) is 21.4 Å². The molecule has 0 bridgehead atoms. The molecule has 0 atom stereocenters. The first-order valence-corrected chi connectivity index (χ1v) is 16.4. The highest BCUT2D eigenvalue weighted by molar-refractivity contribution is 7.89. The molecule has 46 heavy (non-hydrogen) atoms. The molecule has 5 rings (SSSR count). The number of sulfonamides is 1. The number of nitrogens with zero attached hydrogens (tertiary/aromatic N) is 3. The van der Waals surface area contributed by atoms with E-state index in [1.807, 2.05) is 30.3 Å². The summed E-state index contributed by atoms with van der Waals surface area (Å²) >= 11 is 0. The Morgan fingerprint density at radius 1 is 0.913 bits per heavy atom. The Hall–Kier alpha value is -5.25. The van der Waals surface area contributed by atoms with Gasteiger partial charge in [-0.3, -0.25) is 9.59 Å².